The molecule has 0 fully saturated rings. The number of aryl methyl sites for hydroxylation is 2. The Hall–Kier alpha value is -2.58. The molecule has 2 aromatic rings. The molecule has 1 N–H and O–H groups in total. The Kier molecular flexibility index (Phi) is 3.87. The maximum Gasteiger partial charge on any atom is 0.355 e. The molecule has 0 saturated heterocycles. The van der Waals surface area contributed by atoms with Gasteiger partial charge in [-0.25, -0.2) is 15.0 Å². The molecule has 0 amide bonds. The second kappa shape index (κ2) is 5.59. The Morgan fingerprint density at radius 1 is 1.35 bits per heavy atom. The van der Waals surface area contributed by atoms with Gasteiger partial charge in [0, 0.05) is 19.9 Å². The van der Waals surface area contributed by atoms with Crippen LogP contribution < -0.4 is 5.32 Å². The molecule has 0 radical (unpaired) electrons. The largest absolute Gasteiger partial charge is 0.367 e. The van der Waals surface area contributed by atoms with Crippen molar-refractivity contribution in [2.24, 2.45) is 0 Å². The summed E-state index contributed by atoms with van der Waals surface area (Å²) in [5, 5.41) is 18.2. The van der Waals surface area contributed by atoms with Crippen molar-refractivity contribution < 1.29 is 4.92 Å². The zero-order chi connectivity index (χ0) is 14.7. The summed E-state index contributed by atoms with van der Waals surface area (Å²) >= 11 is 0. The summed E-state index contributed by atoms with van der Waals surface area (Å²) in [6.07, 6.45) is 2.52. The van der Waals surface area contributed by atoms with Crippen LogP contribution in [-0.4, -0.2) is 36.7 Å². The van der Waals surface area contributed by atoms with E-state index in [0.29, 0.717) is 24.5 Å². The molecule has 106 valence electrons. The quantitative estimate of drug-likeness (QED) is 0.644. The van der Waals surface area contributed by atoms with E-state index in [1.807, 2.05) is 13.8 Å². The minimum Gasteiger partial charge on any atom is -0.367 e. The minimum absolute atomic E-state index is 0.124. The monoisotopic (exact) mass is 277 g/mol. The summed E-state index contributed by atoms with van der Waals surface area (Å²) in [5.41, 5.74) is -0.211. The standard InChI is InChI=1S/C11H15N7O2/c1-4-7-15-8(5-2)17(16-7)11-9(18(19)20)10(12-3)13-6-14-11/h6H,4-5H2,1-3H3,(H,12,13,14). The molecule has 0 aliphatic heterocycles. The molecule has 2 heterocycles. The summed E-state index contributed by atoms with van der Waals surface area (Å²) in [6.45, 7) is 3.83. The fourth-order valence-electron chi connectivity index (χ4n) is 1.82. The third-order valence-corrected chi connectivity index (χ3v) is 2.77. The van der Waals surface area contributed by atoms with Gasteiger partial charge in [0.15, 0.2) is 5.82 Å². The lowest BCUT2D eigenvalue weighted by Gasteiger charge is -2.06. The highest BCUT2D eigenvalue weighted by Crippen LogP contribution is 2.27. The molecule has 0 atom stereocenters. The van der Waals surface area contributed by atoms with E-state index in [4.69, 9.17) is 0 Å². The van der Waals surface area contributed by atoms with Crippen LogP contribution in [0.1, 0.15) is 25.5 Å². The molecule has 20 heavy (non-hydrogen) atoms. The van der Waals surface area contributed by atoms with Crippen molar-refractivity contribution in [3.05, 3.63) is 28.1 Å². The lowest BCUT2D eigenvalue weighted by Crippen LogP contribution is -2.11. The molecular formula is C11H15N7O2. The summed E-state index contributed by atoms with van der Waals surface area (Å²) < 4.78 is 1.42. The normalized spacial score (nSPS) is 10.6. The lowest BCUT2D eigenvalue weighted by atomic mass is 10.4. The van der Waals surface area contributed by atoms with Crippen LogP contribution in [0.3, 0.4) is 0 Å². The van der Waals surface area contributed by atoms with Gasteiger partial charge in [-0.15, -0.1) is 5.10 Å². The van der Waals surface area contributed by atoms with Crippen molar-refractivity contribution in [3.8, 4) is 5.82 Å². The van der Waals surface area contributed by atoms with E-state index in [2.05, 4.69) is 25.4 Å². The molecular weight excluding hydrogens is 262 g/mol. The number of hydrogen-bond acceptors (Lipinski definition) is 7. The molecule has 0 saturated carbocycles. The van der Waals surface area contributed by atoms with Gasteiger partial charge >= 0.3 is 5.69 Å². The summed E-state index contributed by atoms with van der Waals surface area (Å²) in [7, 11) is 1.57. The average Bonchev–Trinajstić information content (AvgIpc) is 2.89. The van der Waals surface area contributed by atoms with E-state index < -0.39 is 4.92 Å². The number of nitrogens with zero attached hydrogens (tertiary/aromatic N) is 6. The Morgan fingerprint density at radius 2 is 2.10 bits per heavy atom. The van der Waals surface area contributed by atoms with Crippen LogP contribution in [0, 0.1) is 10.1 Å². The van der Waals surface area contributed by atoms with Gasteiger partial charge in [0.25, 0.3) is 0 Å². The Morgan fingerprint density at radius 3 is 2.65 bits per heavy atom. The van der Waals surface area contributed by atoms with Crippen molar-refractivity contribution >= 4 is 11.5 Å². The van der Waals surface area contributed by atoms with Gasteiger partial charge in [0.1, 0.15) is 12.2 Å². The predicted octanol–water partition coefficient (Wildman–Crippen LogP) is 1.13. The van der Waals surface area contributed by atoms with E-state index in [1.165, 1.54) is 11.0 Å². The first-order valence-electron chi connectivity index (χ1n) is 6.24. The van der Waals surface area contributed by atoms with Gasteiger partial charge in [-0.05, 0) is 0 Å². The number of rotatable bonds is 5. The van der Waals surface area contributed by atoms with Crippen LogP contribution in [-0.2, 0) is 12.8 Å². The molecule has 9 heteroatoms. The molecule has 0 aromatic carbocycles. The Balaban J connectivity index is 2.69. The third kappa shape index (κ3) is 2.29. The lowest BCUT2D eigenvalue weighted by molar-refractivity contribution is -0.384. The Bertz CT molecular complexity index is 638. The maximum absolute atomic E-state index is 11.3. The van der Waals surface area contributed by atoms with Gasteiger partial charge < -0.3 is 5.32 Å². The molecule has 2 aromatic heterocycles. The van der Waals surface area contributed by atoms with Gasteiger partial charge in [-0.2, -0.15) is 4.68 Å². The van der Waals surface area contributed by atoms with E-state index in [1.54, 1.807) is 7.05 Å². The highest BCUT2D eigenvalue weighted by molar-refractivity contribution is 5.63. The molecule has 2 rings (SSSR count). The van der Waals surface area contributed by atoms with Gasteiger partial charge in [-0.1, -0.05) is 13.8 Å². The fraction of sp³-hybridized carbons (Fsp3) is 0.455. The van der Waals surface area contributed by atoms with Crippen LogP contribution in [0.4, 0.5) is 11.5 Å². The van der Waals surface area contributed by atoms with E-state index in [0.717, 1.165) is 0 Å². The number of nitrogens with one attached hydrogen (secondary N) is 1. The topological polar surface area (TPSA) is 112 Å². The van der Waals surface area contributed by atoms with Crippen LogP contribution in [0.25, 0.3) is 5.82 Å². The smallest absolute Gasteiger partial charge is 0.355 e. The molecule has 0 unspecified atom stereocenters. The first-order valence-corrected chi connectivity index (χ1v) is 6.24. The minimum atomic E-state index is -0.520. The molecule has 0 aliphatic carbocycles. The maximum atomic E-state index is 11.3. The zero-order valence-electron chi connectivity index (χ0n) is 11.5. The van der Waals surface area contributed by atoms with Gasteiger partial charge in [-0.3, -0.25) is 10.1 Å². The van der Waals surface area contributed by atoms with Gasteiger partial charge in [0.2, 0.25) is 11.6 Å². The number of aromatic nitrogens is 5. The molecule has 0 aliphatic rings. The molecule has 0 spiro atoms. The van der Waals surface area contributed by atoms with Crippen LogP contribution >= 0.6 is 0 Å². The van der Waals surface area contributed by atoms with Crippen molar-refractivity contribution in [1.29, 1.82) is 0 Å². The highest BCUT2D eigenvalue weighted by Gasteiger charge is 2.26. The summed E-state index contributed by atoms with van der Waals surface area (Å²) in [6, 6.07) is 0. The van der Waals surface area contributed by atoms with Crippen molar-refractivity contribution in [2.45, 2.75) is 26.7 Å². The SMILES string of the molecule is CCc1nc(CC)n(-c2ncnc(NC)c2[N+](=O)[O-])n1. The second-order valence-corrected chi connectivity index (χ2v) is 3.96. The van der Waals surface area contributed by atoms with E-state index >= 15 is 0 Å². The van der Waals surface area contributed by atoms with E-state index in [9.17, 15) is 10.1 Å². The van der Waals surface area contributed by atoms with E-state index in [-0.39, 0.29) is 17.3 Å². The fourth-order valence-corrected chi connectivity index (χ4v) is 1.82. The zero-order valence-corrected chi connectivity index (χ0v) is 11.5. The number of anilines is 1. The molecule has 0 bridgehead atoms. The summed E-state index contributed by atoms with van der Waals surface area (Å²) in [5.74, 6) is 1.53. The highest BCUT2D eigenvalue weighted by atomic mass is 16.6. The average molecular weight is 277 g/mol. The van der Waals surface area contributed by atoms with Crippen LogP contribution in [0.15, 0.2) is 6.33 Å². The number of nitro groups is 1. The van der Waals surface area contributed by atoms with Gasteiger partial charge in [0.05, 0.1) is 4.92 Å². The van der Waals surface area contributed by atoms with Crippen molar-refractivity contribution in [2.75, 3.05) is 12.4 Å². The molecule has 9 nitrogen and oxygen atoms in total. The third-order valence-electron chi connectivity index (χ3n) is 2.77. The summed E-state index contributed by atoms with van der Waals surface area (Å²) in [4.78, 5) is 22.9. The van der Waals surface area contributed by atoms with Crippen molar-refractivity contribution in [1.82, 2.24) is 24.7 Å². The first kappa shape index (κ1) is 13.8. The van der Waals surface area contributed by atoms with Crippen LogP contribution in [0.2, 0.25) is 0 Å². The van der Waals surface area contributed by atoms with Crippen molar-refractivity contribution in [3.63, 3.8) is 0 Å². The number of hydrogen-bond donors (Lipinski definition) is 1. The Labute approximate surface area is 115 Å². The second-order valence-electron chi connectivity index (χ2n) is 3.96. The van der Waals surface area contributed by atoms with Crippen LogP contribution in [0.5, 0.6) is 0 Å². The predicted molar refractivity (Wildman–Crippen MR) is 71.9 cm³/mol. The first-order chi connectivity index (χ1) is 9.62.